The Morgan fingerprint density at radius 3 is 2.25 bits per heavy atom. The van der Waals surface area contributed by atoms with Gasteiger partial charge >= 0.3 is 4.38 Å². The lowest BCUT2D eigenvalue weighted by Crippen LogP contribution is -2.20. The third kappa shape index (κ3) is 2.55. The minimum Gasteiger partial charge on any atom is -0.359 e. The third-order valence-corrected chi connectivity index (χ3v) is 4.74. The van der Waals surface area contributed by atoms with E-state index in [0.29, 0.717) is 5.02 Å². The molecule has 1 aromatic carbocycles. The highest BCUT2D eigenvalue weighted by Gasteiger charge is 2.35. The molecule has 0 aromatic heterocycles. The minimum atomic E-state index is -4.28. The predicted octanol–water partition coefficient (Wildman–Crippen LogP) is 0.921. The molecule has 1 atom stereocenters. The second-order valence-corrected chi connectivity index (χ2v) is 6.02. The normalized spacial score (nSPS) is 12.9. The van der Waals surface area contributed by atoms with Crippen LogP contribution < -0.4 is 0 Å². The fourth-order valence-electron chi connectivity index (χ4n) is 0.897. The van der Waals surface area contributed by atoms with E-state index >= 15 is 0 Å². The summed E-state index contributed by atoms with van der Waals surface area (Å²) in [6.45, 7) is 0. The van der Waals surface area contributed by atoms with Crippen molar-refractivity contribution in [3.05, 3.63) is 34.8 Å². The Bertz CT molecular complexity index is 575. The molecule has 0 radical (unpaired) electrons. The van der Waals surface area contributed by atoms with E-state index in [1.165, 1.54) is 12.1 Å². The number of sulfone groups is 1. The molecule has 1 rings (SSSR count). The van der Waals surface area contributed by atoms with Gasteiger partial charge in [0, 0.05) is 5.02 Å². The van der Waals surface area contributed by atoms with Crippen LogP contribution >= 0.6 is 11.6 Å². The van der Waals surface area contributed by atoms with Crippen LogP contribution in [0.15, 0.2) is 29.2 Å². The molecule has 1 aromatic rings. The number of hydrogen-bond donors (Lipinski definition) is 1. The van der Waals surface area contributed by atoms with Crippen molar-refractivity contribution in [2.75, 3.05) is 0 Å². The molecule has 0 bridgehead atoms. The monoisotopic (exact) mass is 280 g/mol. The van der Waals surface area contributed by atoms with Crippen molar-refractivity contribution in [3.8, 4) is 0 Å². The summed E-state index contributed by atoms with van der Waals surface area (Å²) in [6, 6.07) is 4.86. The van der Waals surface area contributed by atoms with Crippen LogP contribution in [0.1, 0.15) is 0 Å². The first-order chi connectivity index (χ1) is 7.39. The molecular weight excluding hydrogens is 276 g/mol. The predicted molar refractivity (Wildman–Crippen MR) is 58.0 cm³/mol. The molecule has 16 heavy (non-hydrogen) atoms. The van der Waals surface area contributed by atoms with Crippen LogP contribution in [0.4, 0.5) is 0 Å². The molecule has 1 N–H and O–H groups in total. The van der Waals surface area contributed by atoms with E-state index in [9.17, 15) is 12.6 Å². The average Bonchev–Trinajstić information content (AvgIpc) is 2.18. The van der Waals surface area contributed by atoms with E-state index in [2.05, 4.69) is 4.79 Å². The molecule has 1 unspecified atom stereocenters. The Kier molecular flexibility index (Phi) is 3.95. The maximum atomic E-state index is 11.6. The minimum absolute atomic E-state index is 0.285. The van der Waals surface area contributed by atoms with Crippen molar-refractivity contribution in [1.82, 2.24) is 0 Å². The molecule has 0 amide bonds. The first-order valence-electron chi connectivity index (χ1n) is 3.73. The van der Waals surface area contributed by atoms with Gasteiger partial charge in [-0.1, -0.05) is 11.6 Å². The number of hydrogen-bond acceptors (Lipinski definition) is 3. The molecule has 0 heterocycles. The van der Waals surface area contributed by atoms with Gasteiger partial charge in [0.15, 0.2) is 0 Å². The van der Waals surface area contributed by atoms with Gasteiger partial charge < -0.3 is 5.53 Å². The lowest BCUT2D eigenvalue weighted by atomic mass is 10.4. The number of rotatable bonds is 1. The Balaban J connectivity index is 3.38. The van der Waals surface area contributed by atoms with Gasteiger partial charge in [-0.15, -0.1) is 4.79 Å². The maximum absolute atomic E-state index is 11.6. The SMILES string of the molecule is [N-]=[N+]=C(S(=O)O)S(=O)(=O)c1ccc(Cl)cc1. The van der Waals surface area contributed by atoms with Gasteiger partial charge in [0.1, 0.15) is 0 Å². The molecule has 0 saturated heterocycles. The van der Waals surface area contributed by atoms with E-state index < -0.39 is 25.3 Å². The number of benzene rings is 1. The average molecular weight is 281 g/mol. The second-order valence-electron chi connectivity index (χ2n) is 2.57. The Hall–Kier alpha value is -1.05. The largest absolute Gasteiger partial charge is 0.499 e. The van der Waals surface area contributed by atoms with Gasteiger partial charge in [-0.3, -0.25) is 4.55 Å². The summed E-state index contributed by atoms with van der Waals surface area (Å²) in [5.74, 6) is 0. The summed E-state index contributed by atoms with van der Waals surface area (Å²) in [6.07, 6.45) is 0. The zero-order valence-electron chi connectivity index (χ0n) is 7.57. The molecule has 9 heteroatoms. The highest BCUT2D eigenvalue weighted by molar-refractivity contribution is 8.26. The smallest absolute Gasteiger partial charge is 0.359 e. The van der Waals surface area contributed by atoms with E-state index in [4.69, 9.17) is 21.7 Å². The first-order valence-corrected chi connectivity index (χ1v) is 6.70. The first kappa shape index (κ1) is 13.0. The Morgan fingerprint density at radius 2 is 1.88 bits per heavy atom. The van der Waals surface area contributed by atoms with Gasteiger partial charge in [0.25, 0.3) is 20.9 Å². The van der Waals surface area contributed by atoms with Gasteiger partial charge in [0.2, 0.25) is 0 Å². The van der Waals surface area contributed by atoms with Gasteiger partial charge in [0.05, 0.1) is 4.90 Å². The van der Waals surface area contributed by atoms with E-state index in [1.807, 2.05) is 0 Å². The summed E-state index contributed by atoms with van der Waals surface area (Å²) in [5.41, 5.74) is 8.38. The van der Waals surface area contributed by atoms with Crippen LogP contribution in [0.3, 0.4) is 0 Å². The van der Waals surface area contributed by atoms with Crippen LogP contribution in [0.25, 0.3) is 5.53 Å². The van der Waals surface area contributed by atoms with Crippen molar-refractivity contribution < 1.29 is 22.0 Å². The molecule has 0 saturated carbocycles. The fourth-order valence-corrected chi connectivity index (χ4v) is 2.94. The molecule has 0 aliphatic rings. The second kappa shape index (κ2) is 4.86. The molecule has 6 nitrogen and oxygen atoms in total. The zero-order chi connectivity index (χ0) is 12.3. The third-order valence-electron chi connectivity index (χ3n) is 1.58. The quantitative estimate of drug-likeness (QED) is 0.271. The summed E-state index contributed by atoms with van der Waals surface area (Å²) in [5, 5.41) is 0.312. The maximum Gasteiger partial charge on any atom is 0.499 e. The van der Waals surface area contributed by atoms with E-state index in [-0.39, 0.29) is 4.90 Å². The molecule has 86 valence electrons. The molecule has 0 aliphatic carbocycles. The number of halogens is 1. The van der Waals surface area contributed by atoms with Crippen LogP contribution in [0.5, 0.6) is 0 Å². The summed E-state index contributed by atoms with van der Waals surface area (Å²) >= 11 is 2.65. The Labute approximate surface area is 98.7 Å². The molecule has 0 fully saturated rings. The van der Waals surface area contributed by atoms with Crippen molar-refractivity contribution in [2.45, 2.75) is 4.90 Å². The van der Waals surface area contributed by atoms with Crippen LogP contribution in [0.2, 0.25) is 5.02 Å². The van der Waals surface area contributed by atoms with Crippen LogP contribution in [0, 0.1) is 0 Å². The highest BCUT2D eigenvalue weighted by Crippen LogP contribution is 2.16. The van der Waals surface area contributed by atoms with Gasteiger partial charge in [-0.2, -0.15) is 0 Å². The highest BCUT2D eigenvalue weighted by atomic mass is 35.5. The zero-order valence-corrected chi connectivity index (χ0v) is 9.96. The lowest BCUT2D eigenvalue weighted by Gasteiger charge is -1.97. The van der Waals surface area contributed by atoms with Crippen molar-refractivity contribution in [1.29, 1.82) is 0 Å². The Morgan fingerprint density at radius 1 is 1.38 bits per heavy atom. The summed E-state index contributed by atoms with van der Waals surface area (Å²) in [7, 11) is -4.28. The van der Waals surface area contributed by atoms with Crippen molar-refractivity contribution in [2.24, 2.45) is 0 Å². The van der Waals surface area contributed by atoms with Crippen molar-refractivity contribution >= 4 is 36.9 Å². The summed E-state index contributed by atoms with van der Waals surface area (Å²) < 4.78 is 41.3. The standard InChI is InChI=1S/C7H5ClN2O4S2/c8-5-1-3-6(4-2-5)16(13,14)7(10-9)15(11)12/h1-4H,(H,11,12). The molecule has 0 spiro atoms. The fraction of sp³-hybridized carbons (Fsp3) is 0. The van der Waals surface area contributed by atoms with Gasteiger partial charge in [-0.25, -0.2) is 12.6 Å². The van der Waals surface area contributed by atoms with E-state index in [0.717, 1.165) is 12.1 Å². The number of nitrogens with zero attached hydrogens (tertiary/aromatic N) is 2. The van der Waals surface area contributed by atoms with Crippen LogP contribution in [-0.2, 0) is 20.9 Å². The lowest BCUT2D eigenvalue weighted by molar-refractivity contribution is 0.00371. The van der Waals surface area contributed by atoms with Gasteiger partial charge in [-0.05, 0) is 24.3 Å². The van der Waals surface area contributed by atoms with Crippen molar-refractivity contribution in [3.63, 3.8) is 0 Å². The van der Waals surface area contributed by atoms with E-state index in [1.54, 1.807) is 0 Å². The molecular formula is C7H5ClN2O4S2. The summed E-state index contributed by atoms with van der Waals surface area (Å²) in [4.78, 5) is 2.02. The van der Waals surface area contributed by atoms with Crippen LogP contribution in [-0.4, -0.2) is 26.3 Å². The molecule has 0 aliphatic heterocycles. The topological polar surface area (TPSA) is 108 Å².